The molecule has 0 bridgehead atoms. The van der Waals surface area contributed by atoms with Gasteiger partial charge in [-0.1, -0.05) is 43.5 Å². The minimum Gasteiger partial charge on any atom is -0.358 e. The number of hydrogen-bond donors (Lipinski definition) is 2. The van der Waals surface area contributed by atoms with Crippen molar-refractivity contribution >= 4 is 22.2 Å². The number of nitrogens with one attached hydrogen (secondary N) is 2. The maximum atomic E-state index is 4.46. The number of hydrogen-bond acceptors (Lipinski definition) is 4. The van der Waals surface area contributed by atoms with Crippen LogP contribution in [-0.4, -0.2) is 20.2 Å². The molecule has 37 heavy (non-hydrogen) atoms. The zero-order valence-electron chi connectivity index (χ0n) is 21.4. The van der Waals surface area contributed by atoms with Gasteiger partial charge in [-0.05, 0) is 85.2 Å². The van der Waals surface area contributed by atoms with Crippen LogP contribution in [-0.2, 0) is 6.42 Å². The van der Waals surface area contributed by atoms with E-state index in [-0.39, 0.29) is 0 Å². The number of allylic oxidation sites excluding steroid dienone is 2. The van der Waals surface area contributed by atoms with E-state index in [1.807, 2.05) is 37.8 Å². The van der Waals surface area contributed by atoms with Gasteiger partial charge in [0.15, 0.2) is 0 Å². The summed E-state index contributed by atoms with van der Waals surface area (Å²) in [5.74, 6) is 0. The first kappa shape index (κ1) is 24.2. The summed E-state index contributed by atoms with van der Waals surface area (Å²) in [5, 5.41) is 12.0. The Labute approximate surface area is 218 Å². The van der Waals surface area contributed by atoms with Gasteiger partial charge in [0.2, 0.25) is 0 Å². The van der Waals surface area contributed by atoms with Gasteiger partial charge in [-0.15, -0.1) is 0 Å². The molecule has 2 N–H and O–H groups in total. The lowest BCUT2D eigenvalue weighted by molar-refractivity contribution is 0.816. The Hall–Kier alpha value is -4.51. The van der Waals surface area contributed by atoms with Gasteiger partial charge in [-0.25, -0.2) is 0 Å². The van der Waals surface area contributed by atoms with Gasteiger partial charge in [0.05, 0.1) is 23.1 Å². The van der Waals surface area contributed by atoms with Gasteiger partial charge >= 0.3 is 0 Å². The van der Waals surface area contributed by atoms with Crippen molar-refractivity contribution in [2.45, 2.75) is 33.1 Å². The lowest BCUT2D eigenvalue weighted by Gasteiger charge is -2.11. The zero-order chi connectivity index (χ0) is 25.8. The van der Waals surface area contributed by atoms with E-state index < -0.39 is 0 Å². The molecule has 5 nitrogen and oxygen atoms in total. The first-order valence-electron chi connectivity index (χ1n) is 12.5. The largest absolute Gasteiger partial charge is 0.358 e. The molecular weight excluding hydrogens is 454 g/mol. The highest BCUT2D eigenvalue weighted by atomic mass is 15.1. The maximum absolute atomic E-state index is 4.46. The number of rotatable bonds is 9. The molecule has 2 aromatic carbocycles. The fourth-order valence-corrected chi connectivity index (χ4v) is 4.58. The fourth-order valence-electron chi connectivity index (χ4n) is 4.58. The van der Waals surface area contributed by atoms with E-state index in [0.29, 0.717) is 0 Å². The number of H-pyrrole nitrogens is 1. The average Bonchev–Trinajstić information content (AvgIpc) is 3.33. The fraction of sp³-hybridized carbons (Fsp3) is 0.156. The predicted molar refractivity (Wildman–Crippen MR) is 154 cm³/mol. The molecule has 3 heterocycles. The van der Waals surface area contributed by atoms with E-state index >= 15 is 0 Å². The highest BCUT2D eigenvalue weighted by molar-refractivity contribution is 5.92. The quantitative estimate of drug-likeness (QED) is 0.222. The van der Waals surface area contributed by atoms with E-state index in [9.17, 15) is 0 Å². The molecule has 5 rings (SSSR count). The van der Waals surface area contributed by atoms with Gasteiger partial charge in [-0.2, -0.15) is 5.10 Å². The molecule has 3 aromatic heterocycles. The van der Waals surface area contributed by atoms with Crippen LogP contribution < -0.4 is 5.32 Å². The summed E-state index contributed by atoms with van der Waals surface area (Å²) in [6, 6.07) is 19.3. The third kappa shape index (κ3) is 5.67. The van der Waals surface area contributed by atoms with Crippen LogP contribution in [0.3, 0.4) is 0 Å². The topological polar surface area (TPSA) is 66.5 Å². The molecule has 0 radical (unpaired) electrons. The third-order valence-electron chi connectivity index (χ3n) is 6.44. The van der Waals surface area contributed by atoms with Crippen molar-refractivity contribution in [1.82, 2.24) is 20.2 Å². The summed E-state index contributed by atoms with van der Waals surface area (Å²) >= 11 is 0. The number of nitrogens with zero attached hydrogens (tertiary/aromatic N) is 3. The summed E-state index contributed by atoms with van der Waals surface area (Å²) in [7, 11) is 0. The number of pyridine rings is 2. The summed E-state index contributed by atoms with van der Waals surface area (Å²) < 4.78 is 0. The van der Waals surface area contributed by atoms with Crippen molar-refractivity contribution in [3.05, 3.63) is 115 Å². The van der Waals surface area contributed by atoms with Gasteiger partial charge in [-0.3, -0.25) is 15.1 Å². The predicted octanol–water partition coefficient (Wildman–Crippen LogP) is 7.98. The average molecular weight is 486 g/mol. The Morgan fingerprint density at radius 3 is 2.46 bits per heavy atom. The lowest BCUT2D eigenvalue weighted by atomic mass is 10.0. The number of aryl methyl sites for hydroxylation is 2. The number of fused-ring (bicyclic) bond motifs is 1. The minimum atomic E-state index is 0.878. The van der Waals surface area contributed by atoms with Crippen LogP contribution in [0, 0.1) is 6.92 Å². The van der Waals surface area contributed by atoms with Crippen molar-refractivity contribution < 1.29 is 0 Å². The second-order valence-electron chi connectivity index (χ2n) is 9.61. The first-order chi connectivity index (χ1) is 18.0. The van der Waals surface area contributed by atoms with Crippen LogP contribution in [0.2, 0.25) is 0 Å². The molecule has 0 saturated carbocycles. The van der Waals surface area contributed by atoms with Crippen LogP contribution in [0.1, 0.15) is 36.6 Å². The van der Waals surface area contributed by atoms with E-state index in [1.54, 1.807) is 0 Å². The second kappa shape index (κ2) is 10.6. The monoisotopic (exact) mass is 485 g/mol. The van der Waals surface area contributed by atoms with Crippen molar-refractivity contribution in [2.24, 2.45) is 0 Å². The van der Waals surface area contributed by atoms with Crippen LogP contribution in [0.5, 0.6) is 0 Å². The van der Waals surface area contributed by atoms with Gasteiger partial charge in [0, 0.05) is 40.8 Å². The van der Waals surface area contributed by atoms with Crippen molar-refractivity contribution in [3.63, 3.8) is 0 Å². The van der Waals surface area contributed by atoms with E-state index in [1.165, 1.54) is 16.7 Å². The maximum Gasteiger partial charge on any atom is 0.0950 e. The molecule has 0 amide bonds. The minimum absolute atomic E-state index is 0.878. The van der Waals surface area contributed by atoms with E-state index in [2.05, 4.69) is 94.1 Å². The molecule has 0 aliphatic rings. The molecule has 0 unspecified atom stereocenters. The molecule has 0 aliphatic heterocycles. The van der Waals surface area contributed by atoms with Gasteiger partial charge in [0.1, 0.15) is 0 Å². The Balaban J connectivity index is 1.21. The lowest BCUT2D eigenvalue weighted by Crippen LogP contribution is -2.00. The van der Waals surface area contributed by atoms with Crippen molar-refractivity contribution in [1.29, 1.82) is 0 Å². The molecule has 0 fully saturated rings. The van der Waals surface area contributed by atoms with Crippen LogP contribution in [0.25, 0.3) is 38.7 Å². The molecule has 0 saturated heterocycles. The van der Waals surface area contributed by atoms with E-state index in [0.717, 1.165) is 69.5 Å². The Morgan fingerprint density at radius 2 is 1.65 bits per heavy atom. The highest BCUT2D eigenvalue weighted by Gasteiger charge is 2.09. The molecule has 0 spiro atoms. The van der Waals surface area contributed by atoms with Crippen LogP contribution >= 0.6 is 0 Å². The second-order valence-corrected chi connectivity index (χ2v) is 9.61. The Bertz CT molecular complexity index is 1590. The summed E-state index contributed by atoms with van der Waals surface area (Å²) in [6.45, 7) is 12.3. The summed E-state index contributed by atoms with van der Waals surface area (Å²) in [4.78, 5) is 8.79. The van der Waals surface area contributed by atoms with Crippen LogP contribution in [0.4, 0.5) is 5.69 Å². The Morgan fingerprint density at radius 1 is 0.865 bits per heavy atom. The summed E-state index contributed by atoms with van der Waals surface area (Å²) in [6.07, 6.45) is 10.4. The van der Waals surface area contributed by atoms with E-state index in [4.69, 9.17) is 0 Å². The molecule has 0 aliphatic carbocycles. The molecule has 0 atom stereocenters. The first-order valence-corrected chi connectivity index (χ1v) is 12.5. The molecular formula is C32H31N5. The van der Waals surface area contributed by atoms with Gasteiger partial charge < -0.3 is 5.32 Å². The van der Waals surface area contributed by atoms with Crippen LogP contribution in [0.15, 0.2) is 98.2 Å². The molecule has 184 valence electrons. The molecule has 5 aromatic rings. The summed E-state index contributed by atoms with van der Waals surface area (Å²) in [5.41, 5.74) is 11.7. The van der Waals surface area contributed by atoms with Crippen molar-refractivity contribution in [3.8, 4) is 22.3 Å². The highest BCUT2D eigenvalue weighted by Crippen LogP contribution is 2.29. The SMILES string of the molecule is C=C(CCCc1cccc(-c2cncc(C)c2)c1)Nc1cncc(-c2ccc3[nH]nc(C(=C)C)c3c2)c1. The molecule has 5 heteroatoms. The number of aromatic amines is 1. The number of benzene rings is 2. The van der Waals surface area contributed by atoms with Crippen molar-refractivity contribution in [2.75, 3.05) is 5.32 Å². The standard InChI is InChI=1S/C32H31N5/c1-21(2)32-30-16-26(11-12-31(30)36-37-32)28-15-29(20-34-19-28)35-23(4)7-5-8-24-9-6-10-25(14-24)27-13-22(3)17-33-18-27/h6,9-20,35H,1,4-5,7-8H2,2-3H3,(H,36,37). The Kier molecular flexibility index (Phi) is 6.95. The number of aromatic nitrogens is 4. The third-order valence-corrected chi connectivity index (χ3v) is 6.44. The van der Waals surface area contributed by atoms with Gasteiger partial charge in [0.25, 0.3) is 0 Å². The number of anilines is 1. The normalized spacial score (nSPS) is 11.0. The zero-order valence-corrected chi connectivity index (χ0v) is 21.4. The smallest absolute Gasteiger partial charge is 0.0950 e.